The molecule has 0 aliphatic rings. The second-order valence-electron chi connectivity index (χ2n) is 3.13. The van der Waals surface area contributed by atoms with Gasteiger partial charge in [-0.05, 0) is 35.0 Å². The van der Waals surface area contributed by atoms with Gasteiger partial charge in [-0.1, -0.05) is 0 Å². The molecule has 78 valence electrons. The molecule has 0 fully saturated rings. The Morgan fingerprint density at radius 2 is 2.21 bits per heavy atom. The normalized spacial score (nSPS) is 12.6. The van der Waals surface area contributed by atoms with Crippen molar-refractivity contribution in [2.75, 3.05) is 7.11 Å². The lowest BCUT2D eigenvalue weighted by Gasteiger charge is -2.11. The maximum absolute atomic E-state index is 13.0. The number of hydrogen-bond donors (Lipinski definition) is 1. The predicted octanol–water partition coefficient (Wildman–Crippen LogP) is 2.52. The molecule has 0 radical (unpaired) electrons. The molecule has 1 aromatic carbocycles. The highest BCUT2D eigenvalue weighted by Crippen LogP contribution is 2.30. The Labute approximate surface area is 90.8 Å². The molecule has 1 N–H and O–H groups in total. The number of ether oxygens (including phenoxy) is 1. The molecule has 0 aliphatic carbocycles. The molecule has 0 aromatic heterocycles. The highest BCUT2D eigenvalue weighted by Gasteiger charge is 2.11. The van der Waals surface area contributed by atoms with Gasteiger partial charge in [-0.2, -0.15) is 0 Å². The highest BCUT2D eigenvalue weighted by molar-refractivity contribution is 9.10. The maximum Gasteiger partial charge on any atom is 0.136 e. The van der Waals surface area contributed by atoms with Gasteiger partial charge in [-0.15, -0.1) is 0 Å². The summed E-state index contributed by atoms with van der Waals surface area (Å²) in [4.78, 5) is 0. The first-order valence-electron chi connectivity index (χ1n) is 4.24. The molecule has 4 heteroatoms. The smallest absolute Gasteiger partial charge is 0.136 e. The summed E-state index contributed by atoms with van der Waals surface area (Å²) < 4.78 is 18.7. The molecule has 2 nitrogen and oxygen atoms in total. The fraction of sp³-hybridized carbons (Fsp3) is 0.400. The summed E-state index contributed by atoms with van der Waals surface area (Å²) in [5.41, 5.74) is 0.661. The number of aliphatic hydroxyl groups is 1. The molecule has 1 rings (SSSR count). The topological polar surface area (TPSA) is 29.5 Å². The summed E-state index contributed by atoms with van der Waals surface area (Å²) in [6.07, 6.45) is -0.142. The molecule has 0 heterocycles. The number of hydrogen-bond acceptors (Lipinski definition) is 2. The van der Waals surface area contributed by atoms with Crippen molar-refractivity contribution in [3.8, 4) is 5.75 Å². The van der Waals surface area contributed by atoms with E-state index in [1.165, 1.54) is 19.2 Å². The van der Waals surface area contributed by atoms with Crippen molar-refractivity contribution in [2.24, 2.45) is 0 Å². The Balaban J connectivity index is 3.11. The Morgan fingerprint density at radius 3 is 2.71 bits per heavy atom. The van der Waals surface area contributed by atoms with Crippen molar-refractivity contribution in [1.82, 2.24) is 0 Å². The SMILES string of the molecule is COc1c(Br)cc(F)cc1CC(C)O. The van der Waals surface area contributed by atoms with Gasteiger partial charge >= 0.3 is 0 Å². The number of halogens is 2. The number of benzene rings is 1. The van der Waals surface area contributed by atoms with Gasteiger partial charge in [0.1, 0.15) is 11.6 Å². The Kier molecular flexibility index (Phi) is 3.89. The van der Waals surface area contributed by atoms with Crippen LogP contribution in [0.2, 0.25) is 0 Å². The van der Waals surface area contributed by atoms with E-state index >= 15 is 0 Å². The van der Waals surface area contributed by atoms with Gasteiger partial charge in [0, 0.05) is 12.0 Å². The van der Waals surface area contributed by atoms with E-state index < -0.39 is 6.10 Å². The molecular formula is C10H12BrFO2. The van der Waals surface area contributed by atoms with E-state index in [0.717, 1.165) is 0 Å². The second-order valence-corrected chi connectivity index (χ2v) is 3.99. The van der Waals surface area contributed by atoms with E-state index in [2.05, 4.69) is 15.9 Å². The molecule has 0 saturated carbocycles. The van der Waals surface area contributed by atoms with Crippen molar-refractivity contribution < 1.29 is 14.2 Å². The zero-order valence-corrected chi connectivity index (χ0v) is 9.64. The fourth-order valence-corrected chi connectivity index (χ4v) is 1.95. The van der Waals surface area contributed by atoms with Crippen LogP contribution >= 0.6 is 15.9 Å². The molecule has 1 atom stereocenters. The molecule has 0 saturated heterocycles. The van der Waals surface area contributed by atoms with Crippen molar-refractivity contribution in [3.05, 3.63) is 28.0 Å². The summed E-state index contributed by atoms with van der Waals surface area (Å²) in [5.74, 6) is 0.237. The van der Waals surface area contributed by atoms with Gasteiger partial charge in [0.2, 0.25) is 0 Å². The average Bonchev–Trinajstić information content (AvgIpc) is 2.01. The van der Waals surface area contributed by atoms with E-state index in [1.54, 1.807) is 6.92 Å². The largest absolute Gasteiger partial charge is 0.495 e. The minimum atomic E-state index is -0.516. The standard InChI is InChI=1S/C10H12BrFO2/c1-6(13)3-7-4-8(12)5-9(11)10(7)14-2/h4-6,13H,3H2,1-2H3. The molecule has 0 amide bonds. The van der Waals surface area contributed by atoms with Crippen molar-refractivity contribution in [3.63, 3.8) is 0 Å². The van der Waals surface area contributed by atoms with Crippen molar-refractivity contribution >= 4 is 15.9 Å². The minimum Gasteiger partial charge on any atom is -0.495 e. The van der Waals surface area contributed by atoms with Gasteiger partial charge in [-0.25, -0.2) is 4.39 Å². The number of rotatable bonds is 3. The van der Waals surface area contributed by atoms with Crippen LogP contribution in [0.25, 0.3) is 0 Å². The van der Waals surface area contributed by atoms with Crippen LogP contribution in [0.1, 0.15) is 12.5 Å². The zero-order valence-electron chi connectivity index (χ0n) is 8.05. The van der Waals surface area contributed by atoms with Crippen LogP contribution in [0, 0.1) is 5.82 Å². The Hall–Kier alpha value is -0.610. The van der Waals surface area contributed by atoms with Crippen LogP contribution in [0.3, 0.4) is 0 Å². The van der Waals surface area contributed by atoms with Crippen molar-refractivity contribution in [1.29, 1.82) is 0 Å². The summed E-state index contributed by atoms with van der Waals surface area (Å²) in [6.45, 7) is 1.65. The predicted molar refractivity (Wildman–Crippen MR) is 56.0 cm³/mol. The van der Waals surface area contributed by atoms with E-state index in [4.69, 9.17) is 4.74 Å². The third kappa shape index (κ3) is 2.69. The van der Waals surface area contributed by atoms with Crippen molar-refractivity contribution in [2.45, 2.75) is 19.4 Å². The van der Waals surface area contributed by atoms with E-state index in [-0.39, 0.29) is 5.82 Å². The monoisotopic (exact) mass is 262 g/mol. The Morgan fingerprint density at radius 1 is 1.57 bits per heavy atom. The van der Waals surface area contributed by atoms with Gasteiger partial charge in [0.25, 0.3) is 0 Å². The first-order valence-corrected chi connectivity index (χ1v) is 5.04. The molecule has 0 spiro atoms. The fourth-order valence-electron chi connectivity index (χ4n) is 1.31. The summed E-state index contributed by atoms with van der Waals surface area (Å²) >= 11 is 3.20. The van der Waals surface area contributed by atoms with Crippen LogP contribution in [0.15, 0.2) is 16.6 Å². The lowest BCUT2D eigenvalue weighted by molar-refractivity contribution is 0.194. The van der Waals surface area contributed by atoms with Gasteiger partial charge in [0.05, 0.1) is 17.7 Å². The molecule has 14 heavy (non-hydrogen) atoms. The van der Waals surface area contributed by atoms with Gasteiger partial charge < -0.3 is 9.84 Å². The Bertz CT molecular complexity index is 326. The van der Waals surface area contributed by atoms with Crippen LogP contribution in [-0.4, -0.2) is 18.3 Å². The first kappa shape index (κ1) is 11.5. The number of methoxy groups -OCH3 is 1. The van der Waals surface area contributed by atoms with Crippen LogP contribution in [-0.2, 0) is 6.42 Å². The molecule has 1 unspecified atom stereocenters. The van der Waals surface area contributed by atoms with Gasteiger partial charge in [0.15, 0.2) is 0 Å². The third-order valence-corrected chi connectivity index (χ3v) is 2.39. The average molecular weight is 263 g/mol. The van der Waals surface area contributed by atoms with E-state index in [0.29, 0.717) is 22.2 Å². The lowest BCUT2D eigenvalue weighted by Crippen LogP contribution is -2.06. The second kappa shape index (κ2) is 4.75. The highest BCUT2D eigenvalue weighted by atomic mass is 79.9. The summed E-state index contributed by atoms with van der Waals surface area (Å²) in [5, 5.41) is 9.21. The maximum atomic E-state index is 13.0. The van der Waals surface area contributed by atoms with Gasteiger partial charge in [-0.3, -0.25) is 0 Å². The molecular weight excluding hydrogens is 251 g/mol. The van der Waals surface area contributed by atoms with Crippen LogP contribution in [0.5, 0.6) is 5.75 Å². The molecule has 0 aliphatic heterocycles. The van der Waals surface area contributed by atoms with Crippen LogP contribution < -0.4 is 4.74 Å². The first-order chi connectivity index (χ1) is 6.54. The van der Waals surface area contributed by atoms with E-state index in [1.807, 2.05) is 0 Å². The summed E-state index contributed by atoms with van der Waals surface area (Å²) in [6, 6.07) is 2.71. The quantitative estimate of drug-likeness (QED) is 0.907. The molecule has 0 bridgehead atoms. The minimum absolute atomic E-state index is 0.340. The summed E-state index contributed by atoms with van der Waals surface area (Å²) in [7, 11) is 1.52. The third-order valence-electron chi connectivity index (χ3n) is 1.80. The lowest BCUT2D eigenvalue weighted by atomic mass is 10.1. The van der Waals surface area contributed by atoms with Crippen LogP contribution in [0.4, 0.5) is 4.39 Å². The zero-order chi connectivity index (χ0) is 10.7. The van der Waals surface area contributed by atoms with E-state index in [9.17, 15) is 9.50 Å². The number of aliphatic hydroxyl groups excluding tert-OH is 1. The molecule has 1 aromatic rings.